The Morgan fingerprint density at radius 3 is 2.26 bits per heavy atom. The molecule has 1 aromatic rings. The Morgan fingerprint density at radius 1 is 1.21 bits per heavy atom. The molecule has 0 saturated heterocycles. The molecule has 0 bridgehead atoms. The van der Waals surface area contributed by atoms with Crippen molar-refractivity contribution < 1.29 is 8.42 Å². The lowest BCUT2D eigenvalue weighted by Gasteiger charge is -2.24. The Balaban J connectivity index is 3.27. The van der Waals surface area contributed by atoms with Crippen LogP contribution in [0.3, 0.4) is 0 Å². The van der Waals surface area contributed by atoms with Crippen molar-refractivity contribution in [3.05, 3.63) is 29.8 Å². The first-order valence-corrected chi connectivity index (χ1v) is 7.37. The second-order valence-electron chi connectivity index (χ2n) is 4.11. The zero-order valence-electron chi connectivity index (χ0n) is 10.8. The highest BCUT2D eigenvalue weighted by Gasteiger charge is 2.33. The molecule has 1 aromatic carbocycles. The van der Waals surface area contributed by atoms with Gasteiger partial charge in [0.25, 0.3) is 0 Å². The molecule has 0 aromatic heterocycles. The lowest BCUT2D eigenvalue weighted by atomic mass is 9.97. The van der Waals surface area contributed by atoms with Crippen LogP contribution in [0.2, 0.25) is 0 Å². The van der Waals surface area contributed by atoms with Crippen LogP contribution in [0.25, 0.3) is 0 Å². The van der Waals surface area contributed by atoms with Crippen LogP contribution in [0.5, 0.6) is 0 Å². The van der Waals surface area contributed by atoms with E-state index in [1.165, 1.54) is 12.1 Å². The van der Waals surface area contributed by atoms with E-state index in [4.69, 9.17) is 5.26 Å². The van der Waals surface area contributed by atoms with Crippen LogP contribution in [0, 0.1) is 22.7 Å². The highest BCUT2D eigenvalue weighted by atomic mass is 32.2. The van der Waals surface area contributed by atoms with E-state index in [1.54, 1.807) is 26.0 Å². The van der Waals surface area contributed by atoms with Crippen molar-refractivity contribution in [1.82, 2.24) is 4.72 Å². The van der Waals surface area contributed by atoms with Crippen molar-refractivity contribution in [2.24, 2.45) is 0 Å². The predicted molar refractivity (Wildman–Crippen MR) is 70.4 cm³/mol. The van der Waals surface area contributed by atoms with Gasteiger partial charge < -0.3 is 0 Å². The van der Waals surface area contributed by atoms with Crippen molar-refractivity contribution in [3.8, 4) is 12.1 Å². The molecule has 19 heavy (non-hydrogen) atoms. The summed E-state index contributed by atoms with van der Waals surface area (Å²) in [6, 6.07) is 9.77. The number of hydrogen-bond donors (Lipinski definition) is 1. The number of benzene rings is 1. The van der Waals surface area contributed by atoms with Gasteiger partial charge in [0.05, 0.1) is 16.5 Å². The summed E-state index contributed by atoms with van der Waals surface area (Å²) in [6.07, 6.45) is 0.710. The minimum atomic E-state index is -3.89. The molecule has 0 saturated carbocycles. The monoisotopic (exact) mass is 277 g/mol. The molecule has 0 unspecified atom stereocenters. The van der Waals surface area contributed by atoms with E-state index in [0.29, 0.717) is 12.8 Å². The first-order valence-electron chi connectivity index (χ1n) is 5.89. The van der Waals surface area contributed by atoms with Gasteiger partial charge in [0.1, 0.15) is 11.6 Å². The lowest BCUT2D eigenvalue weighted by Crippen LogP contribution is -2.46. The summed E-state index contributed by atoms with van der Waals surface area (Å²) < 4.78 is 27.0. The van der Waals surface area contributed by atoms with Gasteiger partial charge in [-0.25, -0.2) is 8.42 Å². The molecule has 0 aliphatic carbocycles. The summed E-state index contributed by atoms with van der Waals surface area (Å²) >= 11 is 0. The van der Waals surface area contributed by atoms with E-state index in [0.717, 1.165) is 0 Å². The van der Waals surface area contributed by atoms with Crippen molar-refractivity contribution in [2.75, 3.05) is 0 Å². The maximum atomic E-state index is 12.3. The average molecular weight is 277 g/mol. The SMILES string of the molecule is CCC(C#N)(CC)NS(=O)(=O)c1ccccc1C#N. The highest BCUT2D eigenvalue weighted by Crippen LogP contribution is 2.20. The van der Waals surface area contributed by atoms with Crippen molar-refractivity contribution in [2.45, 2.75) is 37.1 Å². The zero-order chi connectivity index (χ0) is 14.5. The second kappa shape index (κ2) is 5.83. The summed E-state index contributed by atoms with van der Waals surface area (Å²) in [5.74, 6) is 0. The minimum absolute atomic E-state index is 0.0639. The molecule has 0 atom stereocenters. The normalized spacial score (nSPS) is 11.6. The van der Waals surface area contributed by atoms with Gasteiger partial charge in [-0.05, 0) is 25.0 Å². The minimum Gasteiger partial charge on any atom is -0.207 e. The van der Waals surface area contributed by atoms with Crippen molar-refractivity contribution in [3.63, 3.8) is 0 Å². The number of hydrogen-bond acceptors (Lipinski definition) is 4. The first-order chi connectivity index (χ1) is 8.94. The highest BCUT2D eigenvalue weighted by molar-refractivity contribution is 7.89. The third kappa shape index (κ3) is 3.11. The summed E-state index contributed by atoms with van der Waals surface area (Å²) in [6.45, 7) is 3.48. The van der Waals surface area contributed by atoms with E-state index in [1.807, 2.05) is 12.1 Å². The quantitative estimate of drug-likeness (QED) is 0.889. The van der Waals surface area contributed by atoms with Gasteiger partial charge in [-0.2, -0.15) is 15.2 Å². The topological polar surface area (TPSA) is 93.8 Å². The maximum absolute atomic E-state index is 12.3. The van der Waals surface area contributed by atoms with Crippen LogP contribution < -0.4 is 4.72 Å². The molecule has 0 heterocycles. The molecule has 100 valence electrons. The summed E-state index contributed by atoms with van der Waals surface area (Å²) in [4.78, 5) is -0.0981. The molecule has 0 fully saturated rings. The number of nitrogens with one attached hydrogen (secondary N) is 1. The summed E-state index contributed by atoms with van der Waals surface area (Å²) in [7, 11) is -3.89. The second-order valence-corrected chi connectivity index (χ2v) is 5.77. The Labute approximate surface area is 113 Å². The van der Waals surface area contributed by atoms with Crippen molar-refractivity contribution >= 4 is 10.0 Å². The van der Waals surface area contributed by atoms with Gasteiger partial charge in [0.15, 0.2) is 0 Å². The van der Waals surface area contributed by atoms with Gasteiger partial charge in [-0.15, -0.1) is 0 Å². The molecule has 6 heteroatoms. The molecular formula is C13H15N3O2S. The molecule has 0 radical (unpaired) electrons. The molecule has 0 aliphatic rings. The van der Waals surface area contributed by atoms with E-state index in [9.17, 15) is 13.7 Å². The van der Waals surface area contributed by atoms with Gasteiger partial charge in [-0.3, -0.25) is 0 Å². The molecule has 0 aliphatic heterocycles. The summed E-state index contributed by atoms with van der Waals surface area (Å²) in [5.41, 5.74) is -1.07. The fraction of sp³-hybridized carbons (Fsp3) is 0.385. The predicted octanol–water partition coefficient (Wildman–Crippen LogP) is 1.92. The molecule has 5 nitrogen and oxygen atoms in total. The van der Waals surface area contributed by atoms with E-state index >= 15 is 0 Å². The zero-order valence-corrected chi connectivity index (χ0v) is 11.7. The Kier molecular flexibility index (Phi) is 4.66. The van der Waals surface area contributed by atoms with E-state index in [-0.39, 0.29) is 10.5 Å². The fourth-order valence-corrected chi connectivity index (χ4v) is 3.30. The smallest absolute Gasteiger partial charge is 0.207 e. The van der Waals surface area contributed by atoms with Gasteiger partial charge in [0.2, 0.25) is 10.0 Å². The third-order valence-electron chi connectivity index (χ3n) is 3.05. The first kappa shape index (κ1) is 15.2. The van der Waals surface area contributed by atoms with Crippen LogP contribution in [0.4, 0.5) is 0 Å². The molecule has 0 amide bonds. The van der Waals surface area contributed by atoms with Crippen molar-refractivity contribution in [1.29, 1.82) is 10.5 Å². The standard InChI is InChI=1S/C13H15N3O2S/c1-3-13(4-2,10-15)16-19(17,18)12-8-6-5-7-11(12)9-14/h5-8,16H,3-4H2,1-2H3. The lowest BCUT2D eigenvalue weighted by molar-refractivity contribution is 0.446. The largest absolute Gasteiger partial charge is 0.243 e. The molecular weight excluding hydrogens is 262 g/mol. The Hall–Kier alpha value is -1.89. The Bertz CT molecular complexity index is 635. The van der Waals surface area contributed by atoms with Gasteiger partial charge in [0, 0.05) is 0 Å². The van der Waals surface area contributed by atoms with Crippen LogP contribution in [-0.4, -0.2) is 14.0 Å². The molecule has 0 spiro atoms. The summed E-state index contributed by atoms with van der Waals surface area (Å²) in [5, 5.41) is 18.1. The number of rotatable bonds is 5. The van der Waals surface area contributed by atoms with Crippen LogP contribution in [0.1, 0.15) is 32.3 Å². The van der Waals surface area contributed by atoms with Crippen LogP contribution in [0.15, 0.2) is 29.2 Å². The number of nitriles is 2. The molecule has 1 rings (SSSR count). The number of nitrogens with zero attached hydrogens (tertiary/aromatic N) is 2. The average Bonchev–Trinajstić information content (AvgIpc) is 2.45. The Morgan fingerprint density at radius 2 is 1.79 bits per heavy atom. The van der Waals surface area contributed by atoms with E-state index in [2.05, 4.69) is 4.72 Å². The van der Waals surface area contributed by atoms with Crippen LogP contribution >= 0.6 is 0 Å². The van der Waals surface area contributed by atoms with Gasteiger partial charge >= 0.3 is 0 Å². The van der Waals surface area contributed by atoms with E-state index < -0.39 is 15.6 Å². The maximum Gasteiger partial charge on any atom is 0.243 e. The fourth-order valence-electron chi connectivity index (χ4n) is 1.68. The number of sulfonamides is 1. The van der Waals surface area contributed by atoms with Crippen LogP contribution in [-0.2, 0) is 10.0 Å². The third-order valence-corrected chi connectivity index (χ3v) is 4.64. The van der Waals surface area contributed by atoms with Gasteiger partial charge in [-0.1, -0.05) is 26.0 Å². The molecule has 1 N–H and O–H groups in total.